The van der Waals surface area contributed by atoms with Crippen LogP contribution in [0.15, 0.2) is 83.0 Å². The highest BCUT2D eigenvalue weighted by molar-refractivity contribution is 7.18. The topological polar surface area (TPSA) is 132 Å². The van der Waals surface area contributed by atoms with Gasteiger partial charge in [0, 0.05) is 22.3 Å². The van der Waals surface area contributed by atoms with Gasteiger partial charge in [0.25, 0.3) is 0 Å². The van der Waals surface area contributed by atoms with Crippen LogP contribution < -0.4 is 28.4 Å². The average Bonchev–Trinajstić information content (AvgIpc) is 2.26. The van der Waals surface area contributed by atoms with Gasteiger partial charge in [0.2, 0.25) is 11.5 Å². The summed E-state index contributed by atoms with van der Waals surface area (Å²) in [6.07, 6.45) is 43.1. The lowest BCUT2D eigenvalue weighted by molar-refractivity contribution is 0.234. The second-order valence-electron chi connectivity index (χ2n) is 24.4. The van der Waals surface area contributed by atoms with E-state index >= 15 is 0 Å². The van der Waals surface area contributed by atoms with Crippen LogP contribution in [0.25, 0.3) is 42.3 Å². The van der Waals surface area contributed by atoms with E-state index in [1.54, 1.807) is 22.7 Å². The van der Waals surface area contributed by atoms with E-state index in [4.69, 9.17) is 38.6 Å². The zero-order valence-electron chi connectivity index (χ0n) is 56.6. The normalized spacial score (nSPS) is 11.5. The van der Waals surface area contributed by atoms with Gasteiger partial charge in [-0.1, -0.05) is 257 Å². The number of benzene rings is 4. The van der Waals surface area contributed by atoms with E-state index in [1.165, 1.54) is 154 Å². The number of rotatable bonds is 54. The fourth-order valence-corrected chi connectivity index (χ4v) is 12.5. The molecule has 4 aromatic carbocycles. The maximum absolute atomic E-state index is 6.62. The average molecular weight is 1270 g/mol. The number of azo groups is 1. The lowest BCUT2D eigenvalue weighted by atomic mass is 10.1. The van der Waals surface area contributed by atoms with Crippen molar-refractivity contribution >= 4 is 34.0 Å². The Balaban J connectivity index is 1.14. The van der Waals surface area contributed by atoms with Crippen LogP contribution in [-0.4, -0.2) is 60.0 Å². The molecule has 0 fully saturated rings. The van der Waals surface area contributed by atoms with Gasteiger partial charge in [-0.25, -0.2) is 0 Å². The molecule has 0 N–H and O–H groups in total. The first-order valence-corrected chi connectivity index (χ1v) is 37.5. The van der Waals surface area contributed by atoms with Gasteiger partial charge in [-0.2, -0.15) is 10.2 Å². The predicted octanol–water partition coefficient (Wildman–Crippen LogP) is 24.9. The molecule has 0 atom stereocenters. The third-order valence-corrected chi connectivity index (χ3v) is 18.4. The molecule has 2 aromatic heterocycles. The standard InChI is InChI=1S/C76H114N6O6S2/c1-7-13-19-25-31-37-51-83-67-57-63(58-68(84-52-38-32-26-20-14-8-2)71(67)87-55-41-35-29-23-17-11-5)75-81-79-73(89-75)61-43-47-65(48-44-61)77-78-66-49-45-62(46-50-66)74-80-82-76(90-74)64-59-69(85-53-39-33-27-21-15-9-3)72(88-56-42-36-30-24-18-12-6)70(60-64)86-54-40-34-28-22-16-10-4/h43-50,57-60H,7-42,51-56H2,1-6H3. The van der Waals surface area contributed by atoms with Crippen LogP contribution in [0.4, 0.5) is 11.4 Å². The van der Waals surface area contributed by atoms with Gasteiger partial charge in [0.1, 0.15) is 20.0 Å². The minimum absolute atomic E-state index is 0.626. The van der Waals surface area contributed by atoms with Gasteiger partial charge in [0.15, 0.2) is 23.0 Å². The molecular formula is C76H114N6O6S2. The fraction of sp³-hybridized carbons (Fsp3) is 0.632. The summed E-state index contributed by atoms with van der Waals surface area (Å²) in [5.74, 6) is 4.30. The molecule has 6 rings (SSSR count). The second-order valence-corrected chi connectivity index (χ2v) is 26.4. The van der Waals surface area contributed by atoms with Gasteiger partial charge in [0.05, 0.1) is 51.0 Å². The lowest BCUT2D eigenvalue weighted by Crippen LogP contribution is -2.06. The summed E-state index contributed by atoms with van der Waals surface area (Å²) < 4.78 is 39.7. The summed E-state index contributed by atoms with van der Waals surface area (Å²) in [5, 5.41) is 31.3. The molecule has 0 saturated carbocycles. The molecular weight excluding hydrogens is 1160 g/mol. The van der Waals surface area contributed by atoms with Crippen molar-refractivity contribution in [2.75, 3.05) is 39.6 Å². The summed E-state index contributed by atoms with van der Waals surface area (Å²) in [5.41, 5.74) is 5.21. The van der Waals surface area contributed by atoms with Crippen molar-refractivity contribution in [3.63, 3.8) is 0 Å². The van der Waals surface area contributed by atoms with Crippen LogP contribution >= 0.6 is 22.7 Å². The van der Waals surface area contributed by atoms with Crippen LogP contribution in [0, 0.1) is 0 Å². The molecule has 90 heavy (non-hydrogen) atoms. The SMILES string of the molecule is CCCCCCCCOc1cc(-c2nnc(-c3ccc(N=Nc4ccc(-c5nnc(-c6cc(OCCCCCCCC)c(OCCCCCCCC)c(OCCCCCCCC)c6)s5)cc4)cc3)s2)cc(OCCCCCCCC)c1OCCCCCCCC. The maximum Gasteiger partial charge on any atom is 0.203 e. The third kappa shape index (κ3) is 28.1. The Morgan fingerprint density at radius 3 is 0.711 bits per heavy atom. The first-order chi connectivity index (χ1) is 44.5. The van der Waals surface area contributed by atoms with E-state index in [0.717, 1.165) is 154 Å². The number of nitrogens with zero attached hydrogens (tertiary/aromatic N) is 6. The number of hydrogen-bond acceptors (Lipinski definition) is 14. The van der Waals surface area contributed by atoms with Crippen molar-refractivity contribution in [1.82, 2.24) is 20.4 Å². The fourth-order valence-electron chi connectivity index (χ4n) is 10.9. The highest BCUT2D eigenvalue weighted by Crippen LogP contribution is 2.46. The zero-order chi connectivity index (χ0) is 63.3. The molecule has 6 aromatic rings. The van der Waals surface area contributed by atoms with E-state index in [2.05, 4.69) is 86.2 Å². The van der Waals surface area contributed by atoms with E-state index in [1.807, 2.05) is 48.5 Å². The second kappa shape index (κ2) is 46.5. The van der Waals surface area contributed by atoms with Gasteiger partial charge in [-0.05, 0) is 111 Å². The molecule has 496 valence electrons. The lowest BCUT2D eigenvalue weighted by Gasteiger charge is -2.18. The Labute approximate surface area is 551 Å². The van der Waals surface area contributed by atoms with E-state index < -0.39 is 0 Å². The minimum Gasteiger partial charge on any atom is -0.490 e. The molecule has 12 nitrogen and oxygen atoms in total. The van der Waals surface area contributed by atoms with Crippen molar-refractivity contribution < 1.29 is 28.4 Å². The van der Waals surface area contributed by atoms with Crippen LogP contribution in [0.3, 0.4) is 0 Å². The molecule has 0 spiro atoms. The number of ether oxygens (including phenoxy) is 6. The molecule has 0 bridgehead atoms. The molecule has 0 aliphatic heterocycles. The molecule has 0 radical (unpaired) electrons. The van der Waals surface area contributed by atoms with Crippen LogP contribution in [-0.2, 0) is 0 Å². The van der Waals surface area contributed by atoms with Crippen LogP contribution in [0.5, 0.6) is 34.5 Å². The zero-order valence-corrected chi connectivity index (χ0v) is 58.2. The summed E-state index contributed by atoms with van der Waals surface area (Å²) in [6.45, 7) is 17.3. The van der Waals surface area contributed by atoms with Crippen molar-refractivity contribution in [2.24, 2.45) is 10.2 Å². The summed E-state index contributed by atoms with van der Waals surface area (Å²) >= 11 is 3.11. The first-order valence-electron chi connectivity index (χ1n) is 35.9. The Morgan fingerprint density at radius 2 is 0.467 bits per heavy atom. The monoisotopic (exact) mass is 1270 g/mol. The summed E-state index contributed by atoms with van der Waals surface area (Å²) in [4.78, 5) is 0. The smallest absolute Gasteiger partial charge is 0.203 e. The van der Waals surface area contributed by atoms with E-state index in [9.17, 15) is 0 Å². The van der Waals surface area contributed by atoms with Crippen molar-refractivity contribution in [2.45, 2.75) is 273 Å². The first kappa shape index (κ1) is 73.5. The van der Waals surface area contributed by atoms with Crippen LogP contribution in [0.2, 0.25) is 0 Å². The Kier molecular flexibility index (Phi) is 37.9. The molecule has 0 aliphatic carbocycles. The van der Waals surface area contributed by atoms with Gasteiger partial charge < -0.3 is 28.4 Å². The highest BCUT2D eigenvalue weighted by Gasteiger charge is 2.22. The Morgan fingerprint density at radius 1 is 0.256 bits per heavy atom. The van der Waals surface area contributed by atoms with Crippen LogP contribution in [0.1, 0.15) is 273 Å². The predicted molar refractivity (Wildman–Crippen MR) is 379 cm³/mol. The largest absolute Gasteiger partial charge is 0.490 e. The quantitative estimate of drug-likeness (QED) is 0.0269. The van der Waals surface area contributed by atoms with Crippen molar-refractivity contribution in [1.29, 1.82) is 0 Å². The molecule has 14 heteroatoms. The molecule has 0 unspecified atom stereocenters. The maximum atomic E-state index is 6.62. The summed E-state index contributed by atoms with van der Waals surface area (Å²) in [6, 6.07) is 24.3. The van der Waals surface area contributed by atoms with Crippen molar-refractivity contribution in [3.8, 4) is 76.8 Å². The third-order valence-electron chi connectivity index (χ3n) is 16.4. The minimum atomic E-state index is 0.626. The van der Waals surface area contributed by atoms with E-state index in [0.29, 0.717) is 51.1 Å². The van der Waals surface area contributed by atoms with Crippen molar-refractivity contribution in [3.05, 3.63) is 72.8 Å². The Bertz CT molecular complexity index is 2550. The van der Waals surface area contributed by atoms with Gasteiger partial charge in [-0.3, -0.25) is 0 Å². The number of aromatic nitrogens is 4. The summed E-state index contributed by atoms with van der Waals surface area (Å²) in [7, 11) is 0. The van der Waals surface area contributed by atoms with E-state index in [-0.39, 0.29) is 0 Å². The number of hydrogen-bond donors (Lipinski definition) is 0. The van der Waals surface area contributed by atoms with Gasteiger partial charge in [-0.15, -0.1) is 20.4 Å². The Hall–Kier alpha value is -5.60. The molecule has 0 amide bonds. The molecule has 0 aliphatic rings. The molecule has 0 saturated heterocycles. The highest BCUT2D eigenvalue weighted by atomic mass is 32.1. The number of unbranched alkanes of at least 4 members (excludes halogenated alkanes) is 30. The molecule has 2 heterocycles. The van der Waals surface area contributed by atoms with Gasteiger partial charge >= 0.3 is 0 Å².